The second-order valence-corrected chi connectivity index (χ2v) is 7.12. The summed E-state index contributed by atoms with van der Waals surface area (Å²) in [6, 6.07) is 8.83. The molecule has 0 spiro atoms. The maximum atomic E-state index is 5.55. The van der Waals surface area contributed by atoms with Crippen LogP contribution in [-0.4, -0.2) is 48.2 Å². The molecule has 5 nitrogen and oxygen atoms in total. The third kappa shape index (κ3) is 3.21. The fraction of sp³-hybridized carbons (Fsp3) is 0.500. The highest BCUT2D eigenvalue weighted by Gasteiger charge is 2.30. The number of likely N-dealkylation sites (N-methyl/N-ethyl adjacent to an activating group) is 1. The van der Waals surface area contributed by atoms with Crippen molar-refractivity contribution >= 4 is 5.82 Å². The summed E-state index contributed by atoms with van der Waals surface area (Å²) in [4.78, 5) is 14.1. The van der Waals surface area contributed by atoms with Crippen LogP contribution in [0.25, 0.3) is 0 Å². The Hall–Kier alpha value is -2.14. The standard InChI is InChI=1S/C20H26N4O/c1-23-11-9-18-17(13-23)20(22-14-21-18)24-10-5-7-16(24)12-15-6-3-4-8-19(15)25-2/h3-4,6,8,14,16H,5,7,9-13H2,1-2H3/t16-/m1/s1. The average molecular weight is 338 g/mol. The van der Waals surface area contributed by atoms with Crippen LogP contribution in [0.2, 0.25) is 0 Å². The first-order valence-corrected chi connectivity index (χ1v) is 9.16. The van der Waals surface area contributed by atoms with Gasteiger partial charge >= 0.3 is 0 Å². The Balaban J connectivity index is 1.62. The van der Waals surface area contributed by atoms with Crippen LogP contribution in [0.3, 0.4) is 0 Å². The van der Waals surface area contributed by atoms with Gasteiger partial charge < -0.3 is 14.5 Å². The number of methoxy groups -OCH3 is 1. The normalized spacial score (nSPS) is 20.6. The molecule has 1 aromatic carbocycles. The van der Waals surface area contributed by atoms with Crippen molar-refractivity contribution in [3.05, 3.63) is 47.4 Å². The van der Waals surface area contributed by atoms with Gasteiger partial charge in [0.05, 0.1) is 12.8 Å². The van der Waals surface area contributed by atoms with Crippen molar-refractivity contribution in [1.82, 2.24) is 14.9 Å². The summed E-state index contributed by atoms with van der Waals surface area (Å²) >= 11 is 0. The van der Waals surface area contributed by atoms with Crippen LogP contribution in [0.15, 0.2) is 30.6 Å². The predicted octanol–water partition coefficient (Wildman–Crippen LogP) is 2.68. The summed E-state index contributed by atoms with van der Waals surface area (Å²) in [5, 5.41) is 0. The molecule has 1 saturated heterocycles. The van der Waals surface area contributed by atoms with Gasteiger partial charge in [-0.2, -0.15) is 0 Å². The highest BCUT2D eigenvalue weighted by Crippen LogP contribution is 2.33. The fourth-order valence-electron chi connectivity index (χ4n) is 4.16. The van der Waals surface area contributed by atoms with Gasteiger partial charge in [0.15, 0.2) is 0 Å². The first kappa shape index (κ1) is 16.3. The van der Waals surface area contributed by atoms with E-state index in [4.69, 9.17) is 9.72 Å². The number of para-hydroxylation sites is 1. The molecule has 0 amide bonds. The molecule has 0 unspecified atom stereocenters. The number of hydrogen-bond acceptors (Lipinski definition) is 5. The molecule has 25 heavy (non-hydrogen) atoms. The van der Waals surface area contributed by atoms with Crippen LogP contribution in [0.1, 0.15) is 29.7 Å². The molecular formula is C20H26N4O. The first-order valence-electron chi connectivity index (χ1n) is 9.16. The molecule has 2 aromatic rings. The van der Waals surface area contributed by atoms with Gasteiger partial charge in [-0.05, 0) is 37.9 Å². The second-order valence-electron chi connectivity index (χ2n) is 7.12. The Labute approximate surface area is 149 Å². The highest BCUT2D eigenvalue weighted by atomic mass is 16.5. The lowest BCUT2D eigenvalue weighted by atomic mass is 10.0. The van der Waals surface area contributed by atoms with Gasteiger partial charge in [-0.25, -0.2) is 9.97 Å². The van der Waals surface area contributed by atoms with E-state index in [1.54, 1.807) is 13.4 Å². The van der Waals surface area contributed by atoms with E-state index in [1.807, 2.05) is 6.07 Å². The van der Waals surface area contributed by atoms with E-state index >= 15 is 0 Å². The average Bonchev–Trinajstić information content (AvgIpc) is 3.09. The molecule has 0 N–H and O–H groups in total. The molecule has 2 aliphatic heterocycles. The lowest BCUT2D eigenvalue weighted by Gasteiger charge is -2.32. The third-order valence-electron chi connectivity index (χ3n) is 5.47. The van der Waals surface area contributed by atoms with Gasteiger partial charge in [0.1, 0.15) is 17.9 Å². The SMILES string of the molecule is COc1ccccc1C[C@H]1CCCN1c1ncnc2c1CN(C)CC2. The Morgan fingerprint density at radius 3 is 2.96 bits per heavy atom. The van der Waals surface area contributed by atoms with Gasteiger partial charge in [0.25, 0.3) is 0 Å². The maximum absolute atomic E-state index is 5.55. The van der Waals surface area contributed by atoms with Crippen molar-refractivity contribution in [2.75, 3.05) is 32.1 Å². The van der Waals surface area contributed by atoms with Gasteiger partial charge in [0.2, 0.25) is 0 Å². The van der Waals surface area contributed by atoms with E-state index in [1.165, 1.54) is 29.7 Å². The van der Waals surface area contributed by atoms with Crippen LogP contribution in [-0.2, 0) is 19.4 Å². The molecule has 1 atom stereocenters. The molecule has 2 aliphatic rings. The Kier molecular flexibility index (Phi) is 4.57. The molecule has 132 valence electrons. The molecule has 0 saturated carbocycles. The van der Waals surface area contributed by atoms with Gasteiger partial charge in [-0.1, -0.05) is 18.2 Å². The van der Waals surface area contributed by atoms with Crippen LogP contribution in [0, 0.1) is 0 Å². The number of fused-ring (bicyclic) bond motifs is 1. The van der Waals surface area contributed by atoms with E-state index in [2.05, 4.69) is 40.0 Å². The fourth-order valence-corrected chi connectivity index (χ4v) is 4.16. The van der Waals surface area contributed by atoms with E-state index in [-0.39, 0.29) is 0 Å². The number of rotatable bonds is 4. The Morgan fingerprint density at radius 1 is 1.20 bits per heavy atom. The molecule has 1 aromatic heterocycles. The van der Waals surface area contributed by atoms with Gasteiger partial charge in [-0.15, -0.1) is 0 Å². The summed E-state index contributed by atoms with van der Waals surface area (Å²) in [5.74, 6) is 2.13. The molecule has 5 heteroatoms. The maximum Gasteiger partial charge on any atom is 0.137 e. The third-order valence-corrected chi connectivity index (χ3v) is 5.47. The Morgan fingerprint density at radius 2 is 2.08 bits per heavy atom. The number of benzene rings is 1. The van der Waals surface area contributed by atoms with Gasteiger partial charge in [0, 0.05) is 37.7 Å². The molecule has 4 rings (SSSR count). The monoisotopic (exact) mass is 338 g/mol. The van der Waals surface area contributed by atoms with Crippen LogP contribution in [0.5, 0.6) is 5.75 Å². The molecule has 3 heterocycles. The van der Waals surface area contributed by atoms with E-state index in [9.17, 15) is 0 Å². The van der Waals surface area contributed by atoms with Crippen LogP contribution < -0.4 is 9.64 Å². The zero-order valence-corrected chi connectivity index (χ0v) is 15.1. The van der Waals surface area contributed by atoms with Crippen LogP contribution >= 0.6 is 0 Å². The molecule has 1 fully saturated rings. The topological polar surface area (TPSA) is 41.5 Å². The second kappa shape index (κ2) is 7.00. The minimum absolute atomic E-state index is 0.475. The number of nitrogens with zero attached hydrogens (tertiary/aromatic N) is 4. The molecule has 0 bridgehead atoms. The summed E-state index contributed by atoms with van der Waals surface area (Å²) < 4.78 is 5.55. The van der Waals surface area contributed by atoms with Crippen LogP contribution in [0.4, 0.5) is 5.82 Å². The lowest BCUT2D eigenvalue weighted by molar-refractivity contribution is 0.309. The number of aromatic nitrogens is 2. The van der Waals surface area contributed by atoms with E-state index in [0.29, 0.717) is 6.04 Å². The zero-order valence-electron chi connectivity index (χ0n) is 15.1. The smallest absolute Gasteiger partial charge is 0.137 e. The molecule has 0 radical (unpaired) electrons. The van der Waals surface area contributed by atoms with Crippen molar-refractivity contribution < 1.29 is 4.74 Å². The number of ether oxygens (including phenoxy) is 1. The zero-order chi connectivity index (χ0) is 17.2. The molecule has 0 aliphatic carbocycles. The van der Waals surface area contributed by atoms with Crippen molar-refractivity contribution in [3.63, 3.8) is 0 Å². The van der Waals surface area contributed by atoms with E-state index < -0.39 is 0 Å². The predicted molar refractivity (Wildman–Crippen MR) is 99.1 cm³/mol. The highest BCUT2D eigenvalue weighted by molar-refractivity contribution is 5.51. The lowest BCUT2D eigenvalue weighted by Crippen LogP contribution is -2.35. The molecular weight excluding hydrogens is 312 g/mol. The minimum Gasteiger partial charge on any atom is -0.496 e. The first-order chi connectivity index (χ1) is 12.3. The van der Waals surface area contributed by atoms with Gasteiger partial charge in [-0.3, -0.25) is 0 Å². The van der Waals surface area contributed by atoms with E-state index in [0.717, 1.165) is 44.0 Å². The van der Waals surface area contributed by atoms with Crippen molar-refractivity contribution in [2.45, 2.75) is 38.3 Å². The summed E-state index contributed by atoms with van der Waals surface area (Å²) in [7, 11) is 3.93. The summed E-state index contributed by atoms with van der Waals surface area (Å²) in [5.41, 5.74) is 3.83. The minimum atomic E-state index is 0.475. The summed E-state index contributed by atoms with van der Waals surface area (Å²) in [6.07, 6.45) is 6.18. The summed E-state index contributed by atoms with van der Waals surface area (Å²) in [6.45, 7) is 3.10. The number of anilines is 1. The quantitative estimate of drug-likeness (QED) is 0.857. The number of hydrogen-bond donors (Lipinski definition) is 0. The van der Waals surface area contributed by atoms with Crippen molar-refractivity contribution in [3.8, 4) is 5.75 Å². The van der Waals surface area contributed by atoms with Crippen molar-refractivity contribution in [1.29, 1.82) is 0 Å². The largest absolute Gasteiger partial charge is 0.496 e. The Bertz CT molecular complexity index is 748. The van der Waals surface area contributed by atoms with Crippen molar-refractivity contribution in [2.24, 2.45) is 0 Å².